The van der Waals surface area contributed by atoms with Gasteiger partial charge in [-0.25, -0.2) is 27.3 Å². The molecule has 1 saturated carbocycles. The van der Waals surface area contributed by atoms with Gasteiger partial charge in [-0.1, -0.05) is 24.3 Å². The highest BCUT2D eigenvalue weighted by Crippen LogP contribution is 2.33. The average molecular weight is 736 g/mol. The molecule has 0 aliphatic heterocycles. The van der Waals surface area contributed by atoms with Crippen LogP contribution in [0.5, 0.6) is 0 Å². The molecule has 52 heavy (non-hydrogen) atoms. The second-order valence-electron chi connectivity index (χ2n) is 13.4. The molecule has 6 rings (SSSR count). The third kappa shape index (κ3) is 8.51. The van der Waals surface area contributed by atoms with Crippen LogP contribution in [0.1, 0.15) is 29.7 Å². The van der Waals surface area contributed by atoms with Gasteiger partial charge >= 0.3 is 17.9 Å². The van der Waals surface area contributed by atoms with Gasteiger partial charge in [-0.15, -0.1) is 0 Å². The Hall–Kier alpha value is -5.50. The van der Waals surface area contributed by atoms with E-state index in [9.17, 15) is 41.0 Å². The Labute approximate surface area is 298 Å². The smallest absolute Gasteiger partial charge is 0.416 e. The van der Waals surface area contributed by atoms with E-state index < -0.39 is 33.6 Å². The molecule has 1 N–H and O–H groups in total. The quantitative estimate of drug-likeness (QED) is 0.175. The number of nitriles is 1. The number of hydrogen-bond donors (Lipinski definition) is 1. The number of alkyl halides is 3. The SMILES string of the molecule is Cc1c(-c2ccnn2-c2ccc(C#N)cc2)n(C(=O)NC2CC(C[N+](C)(C)C)C2)c(=O)n1-c1cccc(C(F)(F)F)c1.O=S(=O)([O-])c1ccccc1. The largest absolute Gasteiger partial charge is 0.744 e. The molecule has 0 unspecified atom stereocenters. The van der Waals surface area contributed by atoms with Gasteiger partial charge in [0.15, 0.2) is 0 Å². The molecule has 1 amide bonds. The van der Waals surface area contributed by atoms with Crippen molar-refractivity contribution in [2.45, 2.75) is 36.9 Å². The van der Waals surface area contributed by atoms with Crippen molar-refractivity contribution in [2.24, 2.45) is 5.92 Å². The number of benzene rings is 3. The maximum Gasteiger partial charge on any atom is 0.416 e. The maximum absolute atomic E-state index is 13.9. The lowest BCUT2D eigenvalue weighted by atomic mass is 9.79. The lowest BCUT2D eigenvalue weighted by Gasteiger charge is -2.39. The molecular formula is C36H36F3N7O5S. The Balaban J connectivity index is 0.000000452. The van der Waals surface area contributed by atoms with Crippen LogP contribution in [0, 0.1) is 24.2 Å². The summed E-state index contributed by atoms with van der Waals surface area (Å²) in [5.74, 6) is 0.431. The minimum atomic E-state index is -4.61. The van der Waals surface area contributed by atoms with Crippen LogP contribution >= 0.6 is 0 Å². The van der Waals surface area contributed by atoms with E-state index in [0.29, 0.717) is 22.9 Å². The number of nitrogens with one attached hydrogen (secondary N) is 1. The monoisotopic (exact) mass is 735 g/mol. The van der Waals surface area contributed by atoms with Crippen LogP contribution in [0.2, 0.25) is 0 Å². The molecule has 0 spiro atoms. The summed E-state index contributed by atoms with van der Waals surface area (Å²) in [6, 6.07) is 21.1. The van der Waals surface area contributed by atoms with E-state index >= 15 is 0 Å². The molecule has 2 heterocycles. The van der Waals surface area contributed by atoms with Crippen LogP contribution < -0.4 is 11.0 Å². The van der Waals surface area contributed by atoms with Crippen molar-refractivity contribution in [1.29, 1.82) is 5.26 Å². The van der Waals surface area contributed by atoms with Gasteiger partial charge < -0.3 is 14.4 Å². The highest BCUT2D eigenvalue weighted by Gasteiger charge is 2.36. The number of amides is 1. The zero-order chi connectivity index (χ0) is 38.0. The number of imidazole rings is 1. The summed E-state index contributed by atoms with van der Waals surface area (Å²) in [7, 11) is 2.06. The second kappa shape index (κ2) is 14.6. The summed E-state index contributed by atoms with van der Waals surface area (Å²) in [6.45, 7) is 2.53. The summed E-state index contributed by atoms with van der Waals surface area (Å²) in [5.41, 5.74) is 0.129. The van der Waals surface area contributed by atoms with Gasteiger partial charge in [-0.3, -0.25) is 4.57 Å². The van der Waals surface area contributed by atoms with E-state index in [2.05, 4.69) is 37.6 Å². The Morgan fingerprint density at radius 3 is 2.21 bits per heavy atom. The molecule has 0 saturated heterocycles. The van der Waals surface area contributed by atoms with Gasteiger partial charge in [0.25, 0.3) is 0 Å². The van der Waals surface area contributed by atoms with Crippen molar-refractivity contribution in [3.63, 3.8) is 0 Å². The lowest BCUT2D eigenvalue weighted by Crippen LogP contribution is -2.52. The zero-order valence-electron chi connectivity index (χ0n) is 28.7. The van der Waals surface area contributed by atoms with E-state index in [1.165, 1.54) is 47.3 Å². The third-order valence-corrected chi connectivity index (χ3v) is 9.30. The zero-order valence-corrected chi connectivity index (χ0v) is 29.5. The van der Waals surface area contributed by atoms with Crippen molar-refractivity contribution >= 4 is 16.1 Å². The van der Waals surface area contributed by atoms with Crippen LogP contribution in [0.25, 0.3) is 22.8 Å². The Morgan fingerprint density at radius 2 is 1.65 bits per heavy atom. The summed E-state index contributed by atoms with van der Waals surface area (Å²) in [4.78, 5) is 27.4. The minimum absolute atomic E-state index is 0.0174. The topological polar surface area (TPSA) is 155 Å². The Morgan fingerprint density at radius 1 is 1.00 bits per heavy atom. The van der Waals surface area contributed by atoms with E-state index in [-0.39, 0.29) is 28.0 Å². The van der Waals surface area contributed by atoms with Gasteiger partial charge in [0.05, 0.1) is 78.7 Å². The second-order valence-corrected chi connectivity index (χ2v) is 14.8. The number of carbonyl (C=O) groups is 1. The molecular weight excluding hydrogens is 700 g/mol. The van der Waals surface area contributed by atoms with E-state index in [1.807, 2.05) is 0 Å². The summed E-state index contributed by atoms with van der Waals surface area (Å²) in [5, 5.41) is 16.5. The molecule has 16 heteroatoms. The van der Waals surface area contributed by atoms with Crippen molar-refractivity contribution in [1.82, 2.24) is 24.2 Å². The normalized spacial score (nSPS) is 15.9. The molecule has 0 radical (unpaired) electrons. The number of rotatable bonds is 7. The van der Waals surface area contributed by atoms with Crippen molar-refractivity contribution in [3.8, 4) is 28.8 Å². The standard InChI is InChI=1S/C30H30F3N7O2.C6H6O3S/c1-19-27(26-12-13-35-39(26)24-10-8-20(17-34)9-11-24)38(28(41)36-23-14-21(15-23)18-40(2,3)4)29(42)37(19)25-7-5-6-22(16-25)30(31,32)33;7-10(8,9)6-4-2-1-3-5-6/h5-13,16,21,23H,14-15,18H2,1-4H3;1-5H,(H,7,8,9). The van der Waals surface area contributed by atoms with Gasteiger partial charge in [-0.2, -0.15) is 23.5 Å². The first-order valence-electron chi connectivity index (χ1n) is 16.1. The van der Waals surface area contributed by atoms with E-state index in [4.69, 9.17) is 0 Å². The van der Waals surface area contributed by atoms with Crippen LogP contribution in [0.4, 0.5) is 18.0 Å². The minimum Gasteiger partial charge on any atom is -0.744 e. The van der Waals surface area contributed by atoms with Gasteiger partial charge in [0, 0.05) is 12.0 Å². The highest BCUT2D eigenvalue weighted by molar-refractivity contribution is 7.85. The maximum atomic E-state index is 13.9. The molecule has 2 aromatic heterocycles. The first-order chi connectivity index (χ1) is 24.4. The van der Waals surface area contributed by atoms with Gasteiger partial charge in [0.2, 0.25) is 0 Å². The van der Waals surface area contributed by atoms with Gasteiger partial charge in [0.1, 0.15) is 15.8 Å². The summed E-state index contributed by atoms with van der Waals surface area (Å²) < 4.78 is 75.9. The van der Waals surface area contributed by atoms with Crippen LogP contribution in [-0.2, 0) is 16.3 Å². The fraction of sp³-hybridized carbons (Fsp3) is 0.278. The Bertz CT molecular complexity index is 2280. The van der Waals surface area contributed by atoms with Crippen LogP contribution in [0.15, 0.2) is 101 Å². The van der Waals surface area contributed by atoms with Crippen LogP contribution in [0.3, 0.4) is 0 Å². The fourth-order valence-electron chi connectivity index (χ4n) is 6.19. The molecule has 0 atom stereocenters. The molecule has 1 aliphatic rings. The van der Waals surface area contributed by atoms with Crippen molar-refractivity contribution in [2.75, 3.05) is 27.7 Å². The Kier molecular flexibility index (Phi) is 10.6. The first-order valence-corrected chi connectivity index (χ1v) is 17.5. The molecule has 3 aromatic carbocycles. The highest BCUT2D eigenvalue weighted by atomic mass is 32.2. The molecule has 1 fully saturated rings. The molecule has 12 nitrogen and oxygen atoms in total. The fourth-order valence-corrected chi connectivity index (χ4v) is 6.68. The van der Waals surface area contributed by atoms with Crippen molar-refractivity contribution < 1.29 is 35.4 Å². The van der Waals surface area contributed by atoms with Crippen molar-refractivity contribution in [3.05, 3.63) is 118 Å². The summed E-state index contributed by atoms with van der Waals surface area (Å²) >= 11 is 0. The molecule has 272 valence electrons. The number of halogens is 3. The van der Waals surface area contributed by atoms with E-state index in [0.717, 1.165) is 45.1 Å². The number of hydrogen-bond acceptors (Lipinski definition) is 7. The van der Waals surface area contributed by atoms with Crippen LogP contribution in [-0.4, -0.2) is 76.1 Å². The molecule has 1 aliphatic carbocycles. The summed E-state index contributed by atoms with van der Waals surface area (Å²) in [6.07, 6.45) is -1.58. The predicted octanol–water partition coefficient (Wildman–Crippen LogP) is 5.32. The van der Waals surface area contributed by atoms with Gasteiger partial charge in [-0.05, 0) is 80.4 Å². The molecule has 5 aromatic rings. The number of quaternary nitrogens is 1. The van der Waals surface area contributed by atoms with E-state index in [1.54, 1.807) is 43.3 Å². The number of nitrogens with zero attached hydrogens (tertiary/aromatic N) is 6. The average Bonchev–Trinajstić information content (AvgIpc) is 3.64. The third-order valence-electron chi connectivity index (χ3n) is 8.45. The molecule has 0 bridgehead atoms. The number of aromatic nitrogens is 4. The predicted molar refractivity (Wildman–Crippen MR) is 185 cm³/mol. The first kappa shape index (κ1) is 37.7. The number of carbonyl (C=O) groups excluding carboxylic acids is 1. The lowest BCUT2D eigenvalue weighted by molar-refractivity contribution is -0.874.